The number of rotatable bonds is 6. The predicted octanol–water partition coefficient (Wildman–Crippen LogP) is 1.07. The maximum absolute atomic E-state index is 11.8. The van der Waals surface area contributed by atoms with Crippen molar-refractivity contribution in [1.82, 2.24) is 0 Å². The van der Waals surface area contributed by atoms with Crippen LogP contribution in [0.4, 0.5) is 5.69 Å². The van der Waals surface area contributed by atoms with Gasteiger partial charge >= 0.3 is 5.97 Å². The van der Waals surface area contributed by atoms with E-state index in [9.17, 15) is 9.59 Å². The standard InChI is InChI=1S/C13H18N2O4/c1-8(2)12(14)13(18)15-9-5-3-4-6-10(9)19-7-11(16)17/h3-6,8,12H,7,14H2,1-2H3,(H,15,18)(H,16,17). The molecule has 1 amide bonds. The third-order valence-corrected chi connectivity index (χ3v) is 2.52. The van der Waals surface area contributed by atoms with E-state index in [0.717, 1.165) is 0 Å². The Kier molecular flexibility index (Phi) is 5.32. The van der Waals surface area contributed by atoms with Gasteiger partial charge in [-0.25, -0.2) is 4.79 Å². The van der Waals surface area contributed by atoms with E-state index < -0.39 is 18.6 Å². The molecule has 0 radical (unpaired) electrons. The SMILES string of the molecule is CC(C)C(N)C(=O)Nc1ccccc1OCC(=O)O. The summed E-state index contributed by atoms with van der Waals surface area (Å²) in [6, 6.07) is 5.98. The van der Waals surface area contributed by atoms with Crippen LogP contribution in [0, 0.1) is 5.92 Å². The Morgan fingerprint density at radius 2 is 2.00 bits per heavy atom. The first-order chi connectivity index (χ1) is 8.91. The number of carbonyl (C=O) groups excluding carboxylic acids is 1. The van der Waals surface area contributed by atoms with Crippen LogP contribution in [0.25, 0.3) is 0 Å². The lowest BCUT2D eigenvalue weighted by Crippen LogP contribution is -2.39. The summed E-state index contributed by atoms with van der Waals surface area (Å²) < 4.78 is 5.08. The molecule has 19 heavy (non-hydrogen) atoms. The van der Waals surface area contributed by atoms with Gasteiger partial charge in [-0.1, -0.05) is 26.0 Å². The monoisotopic (exact) mass is 266 g/mol. The Morgan fingerprint density at radius 3 is 2.58 bits per heavy atom. The number of para-hydroxylation sites is 2. The van der Waals surface area contributed by atoms with Gasteiger partial charge in [0.25, 0.3) is 0 Å². The number of nitrogens with one attached hydrogen (secondary N) is 1. The van der Waals surface area contributed by atoms with Crippen LogP contribution in [0.3, 0.4) is 0 Å². The van der Waals surface area contributed by atoms with Gasteiger partial charge in [-0.3, -0.25) is 4.79 Å². The molecular weight excluding hydrogens is 248 g/mol. The van der Waals surface area contributed by atoms with E-state index in [1.54, 1.807) is 24.3 Å². The number of anilines is 1. The van der Waals surface area contributed by atoms with Gasteiger partial charge in [0.2, 0.25) is 5.91 Å². The minimum atomic E-state index is -1.08. The lowest BCUT2D eigenvalue weighted by molar-refractivity contribution is -0.139. The summed E-state index contributed by atoms with van der Waals surface area (Å²) in [5, 5.41) is 11.2. The van der Waals surface area contributed by atoms with Crippen molar-refractivity contribution in [3.05, 3.63) is 24.3 Å². The van der Waals surface area contributed by atoms with Crippen molar-refractivity contribution >= 4 is 17.6 Å². The molecule has 4 N–H and O–H groups in total. The number of amides is 1. The summed E-state index contributed by atoms with van der Waals surface area (Å²) in [6.07, 6.45) is 0. The van der Waals surface area contributed by atoms with Crippen LogP contribution in [0.2, 0.25) is 0 Å². The average molecular weight is 266 g/mol. The lowest BCUT2D eigenvalue weighted by Gasteiger charge is -2.17. The molecule has 0 aliphatic carbocycles. The number of carboxylic acids is 1. The summed E-state index contributed by atoms with van der Waals surface area (Å²) in [5.74, 6) is -1.11. The van der Waals surface area contributed by atoms with E-state index in [-0.39, 0.29) is 11.8 Å². The number of hydrogen-bond donors (Lipinski definition) is 3. The molecule has 1 aromatic rings. The van der Waals surface area contributed by atoms with Crippen LogP contribution in [0.15, 0.2) is 24.3 Å². The van der Waals surface area contributed by atoms with E-state index in [4.69, 9.17) is 15.6 Å². The van der Waals surface area contributed by atoms with Gasteiger partial charge in [0.1, 0.15) is 5.75 Å². The molecule has 0 saturated carbocycles. The average Bonchev–Trinajstić information content (AvgIpc) is 2.36. The predicted molar refractivity (Wildman–Crippen MR) is 71.0 cm³/mol. The van der Waals surface area contributed by atoms with Crippen molar-refractivity contribution in [2.24, 2.45) is 11.7 Å². The zero-order valence-electron chi connectivity index (χ0n) is 10.9. The third kappa shape index (κ3) is 4.59. The smallest absolute Gasteiger partial charge is 0.341 e. The molecule has 6 heteroatoms. The number of aliphatic carboxylic acids is 1. The Hall–Kier alpha value is -2.08. The highest BCUT2D eigenvalue weighted by atomic mass is 16.5. The first kappa shape index (κ1) is 15.0. The minimum Gasteiger partial charge on any atom is -0.480 e. The zero-order valence-corrected chi connectivity index (χ0v) is 10.9. The summed E-state index contributed by atoms with van der Waals surface area (Å²) in [6.45, 7) is 3.22. The number of carboxylic acid groups (broad SMARTS) is 1. The molecule has 1 unspecified atom stereocenters. The Morgan fingerprint density at radius 1 is 1.37 bits per heavy atom. The second-order valence-corrected chi connectivity index (χ2v) is 4.44. The van der Waals surface area contributed by atoms with Crippen molar-refractivity contribution in [2.45, 2.75) is 19.9 Å². The Balaban J connectivity index is 2.77. The van der Waals surface area contributed by atoms with Gasteiger partial charge in [-0.2, -0.15) is 0 Å². The Bertz CT molecular complexity index is 460. The van der Waals surface area contributed by atoms with Gasteiger partial charge < -0.3 is 20.9 Å². The van der Waals surface area contributed by atoms with Gasteiger partial charge in [0.05, 0.1) is 11.7 Å². The molecule has 0 aliphatic heterocycles. The molecule has 0 heterocycles. The molecule has 6 nitrogen and oxygen atoms in total. The van der Waals surface area contributed by atoms with Crippen LogP contribution >= 0.6 is 0 Å². The molecule has 0 aliphatic rings. The highest BCUT2D eigenvalue weighted by Gasteiger charge is 2.18. The number of benzene rings is 1. The van der Waals surface area contributed by atoms with Crippen LogP contribution in [-0.2, 0) is 9.59 Å². The van der Waals surface area contributed by atoms with Crippen molar-refractivity contribution in [2.75, 3.05) is 11.9 Å². The number of hydrogen-bond acceptors (Lipinski definition) is 4. The van der Waals surface area contributed by atoms with Gasteiger partial charge in [-0.05, 0) is 18.1 Å². The van der Waals surface area contributed by atoms with Crippen molar-refractivity contribution < 1.29 is 19.4 Å². The molecule has 0 bridgehead atoms. The van der Waals surface area contributed by atoms with Gasteiger partial charge in [0.15, 0.2) is 6.61 Å². The third-order valence-electron chi connectivity index (χ3n) is 2.52. The summed E-state index contributed by atoms with van der Waals surface area (Å²) in [5.41, 5.74) is 6.14. The maximum atomic E-state index is 11.8. The fourth-order valence-electron chi connectivity index (χ4n) is 1.35. The maximum Gasteiger partial charge on any atom is 0.341 e. The van der Waals surface area contributed by atoms with Gasteiger partial charge in [-0.15, -0.1) is 0 Å². The Labute approximate surface area is 111 Å². The molecule has 0 spiro atoms. The van der Waals surface area contributed by atoms with Crippen LogP contribution in [0.1, 0.15) is 13.8 Å². The number of ether oxygens (including phenoxy) is 1. The van der Waals surface area contributed by atoms with E-state index in [1.807, 2.05) is 13.8 Å². The molecule has 0 fully saturated rings. The van der Waals surface area contributed by atoms with E-state index in [0.29, 0.717) is 11.4 Å². The van der Waals surface area contributed by atoms with Crippen LogP contribution in [-0.4, -0.2) is 29.6 Å². The van der Waals surface area contributed by atoms with Crippen molar-refractivity contribution in [3.63, 3.8) is 0 Å². The van der Waals surface area contributed by atoms with E-state index in [2.05, 4.69) is 5.32 Å². The highest BCUT2D eigenvalue weighted by Crippen LogP contribution is 2.24. The van der Waals surface area contributed by atoms with Crippen LogP contribution in [0.5, 0.6) is 5.75 Å². The number of nitrogens with two attached hydrogens (primary N) is 1. The first-order valence-corrected chi connectivity index (χ1v) is 5.92. The lowest BCUT2D eigenvalue weighted by atomic mass is 10.0. The highest BCUT2D eigenvalue weighted by molar-refractivity contribution is 5.96. The zero-order chi connectivity index (χ0) is 14.4. The van der Waals surface area contributed by atoms with Crippen molar-refractivity contribution in [1.29, 1.82) is 0 Å². The largest absolute Gasteiger partial charge is 0.480 e. The topological polar surface area (TPSA) is 102 Å². The molecule has 0 aromatic heterocycles. The fraction of sp³-hybridized carbons (Fsp3) is 0.385. The number of carbonyl (C=O) groups is 2. The van der Waals surface area contributed by atoms with E-state index in [1.165, 1.54) is 0 Å². The molecule has 104 valence electrons. The van der Waals surface area contributed by atoms with E-state index >= 15 is 0 Å². The molecule has 1 aromatic carbocycles. The fourth-order valence-corrected chi connectivity index (χ4v) is 1.35. The second kappa shape index (κ2) is 6.75. The normalized spacial score (nSPS) is 12.0. The first-order valence-electron chi connectivity index (χ1n) is 5.92. The molecule has 1 atom stereocenters. The van der Waals surface area contributed by atoms with Crippen molar-refractivity contribution in [3.8, 4) is 5.75 Å². The van der Waals surface area contributed by atoms with Crippen LogP contribution < -0.4 is 15.8 Å². The second-order valence-electron chi connectivity index (χ2n) is 4.44. The van der Waals surface area contributed by atoms with Gasteiger partial charge in [0, 0.05) is 0 Å². The summed E-state index contributed by atoms with van der Waals surface area (Å²) >= 11 is 0. The summed E-state index contributed by atoms with van der Waals surface area (Å²) in [4.78, 5) is 22.3. The summed E-state index contributed by atoms with van der Waals surface area (Å²) in [7, 11) is 0. The quantitative estimate of drug-likeness (QED) is 0.715. The molecule has 0 saturated heterocycles. The molecule has 1 rings (SSSR count). The minimum absolute atomic E-state index is 0.00657. The molecular formula is C13H18N2O4.